The maximum absolute atomic E-state index is 12.3. The number of carbonyl (C=O) groups excluding carboxylic acids is 1. The molecule has 2 aliphatic rings. The molecule has 7 heteroatoms. The Morgan fingerprint density at radius 2 is 2.14 bits per heavy atom. The second-order valence-electron chi connectivity index (χ2n) is 5.54. The monoisotopic (exact) mass is 309 g/mol. The molecule has 1 saturated heterocycles. The smallest absolute Gasteiger partial charge is 0.240 e. The highest BCUT2D eigenvalue weighted by Gasteiger charge is 2.22. The van der Waals surface area contributed by atoms with Gasteiger partial charge in [-0.25, -0.2) is 13.1 Å². The molecule has 6 nitrogen and oxygen atoms in total. The number of hydrogen-bond donors (Lipinski definition) is 3. The van der Waals surface area contributed by atoms with Crippen molar-refractivity contribution in [2.24, 2.45) is 0 Å². The van der Waals surface area contributed by atoms with Crippen molar-refractivity contribution < 1.29 is 13.2 Å². The molecule has 114 valence electrons. The summed E-state index contributed by atoms with van der Waals surface area (Å²) in [6, 6.07) is 4.95. The summed E-state index contributed by atoms with van der Waals surface area (Å²) in [6.07, 6.45) is 3.51. The van der Waals surface area contributed by atoms with Gasteiger partial charge in [0.2, 0.25) is 15.9 Å². The van der Waals surface area contributed by atoms with Gasteiger partial charge in [0, 0.05) is 18.3 Å². The number of piperidine rings is 1. The number of anilines is 1. The van der Waals surface area contributed by atoms with Crippen molar-refractivity contribution in [3.05, 3.63) is 23.8 Å². The highest BCUT2D eigenvalue weighted by atomic mass is 32.2. The SMILES string of the molecule is O=C1Cc2cc(S(=O)(=O)NCC3CCCCN3)ccc2N1. The zero-order valence-corrected chi connectivity index (χ0v) is 12.5. The van der Waals surface area contributed by atoms with Gasteiger partial charge in [0.05, 0.1) is 11.3 Å². The summed E-state index contributed by atoms with van der Waals surface area (Å²) in [6.45, 7) is 1.34. The summed E-state index contributed by atoms with van der Waals surface area (Å²) in [5, 5.41) is 6.00. The van der Waals surface area contributed by atoms with Gasteiger partial charge in [-0.3, -0.25) is 4.79 Å². The van der Waals surface area contributed by atoms with Crippen LogP contribution in [0.4, 0.5) is 5.69 Å². The Bertz CT molecular complexity index is 651. The number of rotatable bonds is 4. The number of sulfonamides is 1. The molecule has 21 heavy (non-hydrogen) atoms. The summed E-state index contributed by atoms with van der Waals surface area (Å²) in [4.78, 5) is 11.5. The first-order chi connectivity index (χ1) is 10.0. The van der Waals surface area contributed by atoms with Gasteiger partial charge < -0.3 is 10.6 Å². The van der Waals surface area contributed by atoms with Gasteiger partial charge in [-0.1, -0.05) is 6.42 Å². The average molecular weight is 309 g/mol. The lowest BCUT2D eigenvalue weighted by molar-refractivity contribution is -0.115. The van der Waals surface area contributed by atoms with Gasteiger partial charge in [0.25, 0.3) is 0 Å². The predicted octanol–water partition coefficient (Wildman–Crippen LogP) is 0.602. The summed E-state index contributed by atoms with van der Waals surface area (Å²) >= 11 is 0. The van der Waals surface area contributed by atoms with E-state index in [2.05, 4.69) is 15.4 Å². The molecule has 1 atom stereocenters. The zero-order valence-electron chi connectivity index (χ0n) is 11.7. The van der Waals surface area contributed by atoms with E-state index < -0.39 is 10.0 Å². The van der Waals surface area contributed by atoms with Gasteiger partial charge >= 0.3 is 0 Å². The molecule has 0 spiro atoms. The Labute approximate surface area is 124 Å². The minimum absolute atomic E-state index is 0.0982. The molecule has 0 aromatic heterocycles. The van der Waals surface area contributed by atoms with E-state index in [-0.39, 0.29) is 23.3 Å². The third-order valence-electron chi connectivity index (χ3n) is 3.94. The fourth-order valence-electron chi connectivity index (χ4n) is 2.76. The fraction of sp³-hybridized carbons (Fsp3) is 0.500. The highest BCUT2D eigenvalue weighted by molar-refractivity contribution is 7.89. The van der Waals surface area contributed by atoms with E-state index in [0.29, 0.717) is 12.2 Å². The molecule has 1 unspecified atom stereocenters. The fourth-order valence-corrected chi connectivity index (χ4v) is 3.90. The minimum atomic E-state index is -3.53. The molecule has 2 aliphatic heterocycles. The molecule has 1 aromatic rings. The Morgan fingerprint density at radius 1 is 1.29 bits per heavy atom. The Hall–Kier alpha value is -1.44. The molecular weight excluding hydrogens is 290 g/mol. The van der Waals surface area contributed by atoms with Crippen LogP contribution in [0.25, 0.3) is 0 Å². The Kier molecular flexibility index (Phi) is 3.97. The quantitative estimate of drug-likeness (QED) is 0.760. The molecule has 2 heterocycles. The normalized spacial score (nSPS) is 21.9. The minimum Gasteiger partial charge on any atom is -0.326 e. The molecule has 0 bridgehead atoms. The van der Waals surface area contributed by atoms with Crippen LogP contribution in [-0.4, -0.2) is 33.5 Å². The van der Waals surface area contributed by atoms with E-state index in [4.69, 9.17) is 0 Å². The summed E-state index contributed by atoms with van der Waals surface area (Å²) in [5.74, 6) is -0.0982. The first kappa shape index (κ1) is 14.5. The lowest BCUT2D eigenvalue weighted by atomic mass is 10.1. The van der Waals surface area contributed by atoms with Crippen LogP contribution in [0.15, 0.2) is 23.1 Å². The second kappa shape index (κ2) is 5.75. The number of amides is 1. The maximum atomic E-state index is 12.3. The van der Waals surface area contributed by atoms with Gasteiger partial charge in [-0.15, -0.1) is 0 Å². The number of nitrogens with one attached hydrogen (secondary N) is 3. The molecule has 1 fully saturated rings. The van der Waals surface area contributed by atoms with Gasteiger partial charge in [0.1, 0.15) is 0 Å². The number of fused-ring (bicyclic) bond motifs is 1. The third kappa shape index (κ3) is 3.25. The first-order valence-corrected chi connectivity index (χ1v) is 8.69. The van der Waals surface area contributed by atoms with Crippen molar-refractivity contribution in [1.82, 2.24) is 10.0 Å². The molecule has 3 rings (SSSR count). The van der Waals surface area contributed by atoms with Crippen LogP contribution in [-0.2, 0) is 21.2 Å². The topological polar surface area (TPSA) is 87.3 Å². The molecular formula is C14H19N3O3S. The standard InChI is InChI=1S/C14H19N3O3S/c18-14-8-10-7-12(4-5-13(10)17-14)21(19,20)16-9-11-3-1-2-6-15-11/h4-5,7,11,15-16H,1-3,6,8-9H2,(H,17,18). The Balaban J connectivity index is 1.70. The molecule has 0 aliphatic carbocycles. The zero-order chi connectivity index (χ0) is 14.9. The van der Waals surface area contributed by atoms with E-state index >= 15 is 0 Å². The highest BCUT2D eigenvalue weighted by Crippen LogP contribution is 2.25. The predicted molar refractivity (Wildman–Crippen MR) is 79.6 cm³/mol. The van der Waals surface area contributed by atoms with Crippen molar-refractivity contribution in [2.75, 3.05) is 18.4 Å². The molecule has 1 amide bonds. The summed E-state index contributed by atoms with van der Waals surface area (Å²) in [5.41, 5.74) is 1.44. The van der Waals surface area contributed by atoms with Crippen LogP contribution in [0.3, 0.4) is 0 Å². The van der Waals surface area contributed by atoms with E-state index in [9.17, 15) is 13.2 Å². The second-order valence-corrected chi connectivity index (χ2v) is 7.31. The number of hydrogen-bond acceptors (Lipinski definition) is 4. The van der Waals surface area contributed by atoms with Crippen molar-refractivity contribution in [3.8, 4) is 0 Å². The molecule has 0 radical (unpaired) electrons. The third-order valence-corrected chi connectivity index (χ3v) is 5.37. The van der Waals surface area contributed by atoms with Gasteiger partial charge in [-0.2, -0.15) is 0 Å². The van der Waals surface area contributed by atoms with E-state index in [1.54, 1.807) is 12.1 Å². The van der Waals surface area contributed by atoms with Gasteiger partial charge in [0.15, 0.2) is 0 Å². The van der Waals surface area contributed by atoms with E-state index in [1.165, 1.54) is 6.07 Å². The Morgan fingerprint density at radius 3 is 2.90 bits per heavy atom. The van der Waals surface area contributed by atoms with Crippen molar-refractivity contribution in [2.45, 2.75) is 36.6 Å². The van der Waals surface area contributed by atoms with Crippen LogP contribution < -0.4 is 15.4 Å². The van der Waals surface area contributed by atoms with Crippen molar-refractivity contribution in [3.63, 3.8) is 0 Å². The van der Waals surface area contributed by atoms with E-state index in [1.807, 2.05) is 0 Å². The van der Waals surface area contributed by atoms with Crippen LogP contribution in [0.5, 0.6) is 0 Å². The molecule has 1 aromatic carbocycles. The summed E-state index contributed by atoms with van der Waals surface area (Å²) in [7, 11) is -3.53. The average Bonchev–Trinajstić information content (AvgIpc) is 2.85. The van der Waals surface area contributed by atoms with Crippen LogP contribution >= 0.6 is 0 Å². The summed E-state index contributed by atoms with van der Waals surface area (Å²) < 4.78 is 27.3. The lowest BCUT2D eigenvalue weighted by Gasteiger charge is -2.23. The van der Waals surface area contributed by atoms with Crippen LogP contribution in [0, 0.1) is 0 Å². The maximum Gasteiger partial charge on any atom is 0.240 e. The molecule has 0 saturated carbocycles. The van der Waals surface area contributed by atoms with E-state index in [0.717, 1.165) is 31.4 Å². The number of carbonyl (C=O) groups is 1. The van der Waals surface area contributed by atoms with Crippen LogP contribution in [0.2, 0.25) is 0 Å². The van der Waals surface area contributed by atoms with Crippen LogP contribution in [0.1, 0.15) is 24.8 Å². The first-order valence-electron chi connectivity index (χ1n) is 7.20. The van der Waals surface area contributed by atoms with Crippen molar-refractivity contribution in [1.29, 1.82) is 0 Å². The largest absolute Gasteiger partial charge is 0.326 e. The van der Waals surface area contributed by atoms with Gasteiger partial charge in [-0.05, 0) is 43.1 Å². The molecule has 3 N–H and O–H groups in total. The van der Waals surface area contributed by atoms with Crippen molar-refractivity contribution >= 4 is 21.6 Å². The number of benzene rings is 1. The lowest BCUT2D eigenvalue weighted by Crippen LogP contribution is -2.43.